The molecule has 102 valence electrons. The minimum atomic E-state index is 0.426. The summed E-state index contributed by atoms with van der Waals surface area (Å²) in [6.07, 6.45) is 6.65. The standard InChI is InChI=1S/C15H27N3/c1-10(2)13(7-16)15-8-17-9-18(15)14-6-5-11(3)12(14)4/h8-14H,5-7,16H2,1-4H3. The van der Waals surface area contributed by atoms with Gasteiger partial charge in [0.25, 0.3) is 0 Å². The smallest absolute Gasteiger partial charge is 0.0950 e. The molecule has 2 N–H and O–H groups in total. The van der Waals surface area contributed by atoms with E-state index >= 15 is 0 Å². The van der Waals surface area contributed by atoms with Crippen LogP contribution >= 0.6 is 0 Å². The summed E-state index contributed by atoms with van der Waals surface area (Å²) in [5.74, 6) is 2.55. The summed E-state index contributed by atoms with van der Waals surface area (Å²) in [5.41, 5.74) is 7.29. The molecule has 2 rings (SSSR count). The molecule has 1 aromatic rings. The van der Waals surface area contributed by atoms with E-state index < -0.39 is 0 Å². The number of nitrogens with two attached hydrogens (primary N) is 1. The molecule has 1 heterocycles. The van der Waals surface area contributed by atoms with E-state index in [0.717, 1.165) is 11.8 Å². The van der Waals surface area contributed by atoms with Gasteiger partial charge in [-0.05, 0) is 30.6 Å². The Kier molecular flexibility index (Phi) is 4.10. The predicted octanol–water partition coefficient (Wildman–Crippen LogP) is 3.19. The number of rotatable bonds is 4. The lowest BCUT2D eigenvalue weighted by Crippen LogP contribution is -2.24. The van der Waals surface area contributed by atoms with Gasteiger partial charge in [0.1, 0.15) is 0 Å². The van der Waals surface area contributed by atoms with Crippen LogP contribution in [0, 0.1) is 17.8 Å². The molecule has 0 aromatic carbocycles. The summed E-state index contributed by atoms with van der Waals surface area (Å²) < 4.78 is 2.41. The van der Waals surface area contributed by atoms with Gasteiger partial charge in [0.2, 0.25) is 0 Å². The Hall–Kier alpha value is -0.830. The second-order valence-corrected chi connectivity index (χ2v) is 6.29. The van der Waals surface area contributed by atoms with Crippen molar-refractivity contribution in [3.8, 4) is 0 Å². The molecule has 4 atom stereocenters. The molecule has 1 aromatic heterocycles. The van der Waals surface area contributed by atoms with Gasteiger partial charge < -0.3 is 10.3 Å². The van der Waals surface area contributed by atoms with E-state index in [2.05, 4.69) is 37.2 Å². The van der Waals surface area contributed by atoms with Crippen molar-refractivity contribution in [2.45, 2.75) is 52.5 Å². The number of aromatic nitrogens is 2. The van der Waals surface area contributed by atoms with Gasteiger partial charge in [0.05, 0.1) is 6.33 Å². The number of hydrogen-bond acceptors (Lipinski definition) is 2. The topological polar surface area (TPSA) is 43.8 Å². The predicted molar refractivity (Wildman–Crippen MR) is 75.5 cm³/mol. The summed E-state index contributed by atoms with van der Waals surface area (Å²) in [6.45, 7) is 9.94. The van der Waals surface area contributed by atoms with E-state index in [9.17, 15) is 0 Å². The number of nitrogens with zero attached hydrogens (tertiary/aromatic N) is 2. The van der Waals surface area contributed by atoms with Gasteiger partial charge in [-0.3, -0.25) is 0 Å². The SMILES string of the molecule is CC(C)C(CN)c1cncn1C1CCC(C)C1C. The van der Waals surface area contributed by atoms with Gasteiger partial charge >= 0.3 is 0 Å². The van der Waals surface area contributed by atoms with E-state index in [-0.39, 0.29) is 0 Å². The van der Waals surface area contributed by atoms with Gasteiger partial charge in [-0.1, -0.05) is 27.7 Å². The lowest BCUT2D eigenvalue weighted by atomic mass is 9.91. The first-order valence-corrected chi connectivity index (χ1v) is 7.28. The Morgan fingerprint density at radius 2 is 2.11 bits per heavy atom. The summed E-state index contributed by atoms with van der Waals surface area (Å²) in [4.78, 5) is 4.38. The first-order chi connectivity index (χ1) is 8.56. The summed E-state index contributed by atoms with van der Waals surface area (Å²) >= 11 is 0. The van der Waals surface area contributed by atoms with E-state index in [1.807, 2.05) is 12.5 Å². The Bertz CT molecular complexity index is 383. The molecule has 1 saturated carbocycles. The average Bonchev–Trinajstić information content (AvgIpc) is 2.89. The number of imidazole rings is 1. The Morgan fingerprint density at radius 3 is 2.61 bits per heavy atom. The van der Waals surface area contributed by atoms with Gasteiger partial charge in [0.15, 0.2) is 0 Å². The van der Waals surface area contributed by atoms with Crippen molar-refractivity contribution in [2.24, 2.45) is 23.5 Å². The highest BCUT2D eigenvalue weighted by Gasteiger charge is 2.33. The zero-order chi connectivity index (χ0) is 13.3. The quantitative estimate of drug-likeness (QED) is 0.890. The van der Waals surface area contributed by atoms with Crippen LogP contribution in [-0.2, 0) is 0 Å². The zero-order valence-electron chi connectivity index (χ0n) is 12.1. The fourth-order valence-corrected chi connectivity index (χ4v) is 3.34. The van der Waals surface area contributed by atoms with Crippen LogP contribution in [0.25, 0.3) is 0 Å². The molecule has 3 heteroatoms. The van der Waals surface area contributed by atoms with Crippen molar-refractivity contribution in [1.82, 2.24) is 9.55 Å². The van der Waals surface area contributed by atoms with Crippen LogP contribution in [-0.4, -0.2) is 16.1 Å². The fourth-order valence-electron chi connectivity index (χ4n) is 3.34. The highest BCUT2D eigenvalue weighted by molar-refractivity contribution is 5.10. The van der Waals surface area contributed by atoms with Crippen LogP contribution in [0.1, 0.15) is 58.2 Å². The van der Waals surface area contributed by atoms with Crippen molar-refractivity contribution >= 4 is 0 Å². The summed E-state index contributed by atoms with van der Waals surface area (Å²) in [5, 5.41) is 0. The maximum Gasteiger partial charge on any atom is 0.0950 e. The molecular weight excluding hydrogens is 222 g/mol. The van der Waals surface area contributed by atoms with E-state index in [0.29, 0.717) is 24.4 Å². The van der Waals surface area contributed by atoms with Crippen molar-refractivity contribution in [1.29, 1.82) is 0 Å². The van der Waals surface area contributed by atoms with Gasteiger partial charge in [-0.15, -0.1) is 0 Å². The molecule has 0 bridgehead atoms. The van der Waals surface area contributed by atoms with Crippen LogP contribution < -0.4 is 5.73 Å². The van der Waals surface area contributed by atoms with Gasteiger partial charge in [0, 0.05) is 30.4 Å². The van der Waals surface area contributed by atoms with E-state index in [1.54, 1.807) is 0 Å². The molecule has 0 aliphatic heterocycles. The van der Waals surface area contributed by atoms with E-state index in [4.69, 9.17) is 5.73 Å². The Morgan fingerprint density at radius 1 is 1.39 bits per heavy atom. The molecule has 0 radical (unpaired) electrons. The van der Waals surface area contributed by atoms with Gasteiger partial charge in [-0.25, -0.2) is 4.98 Å². The largest absolute Gasteiger partial charge is 0.331 e. The average molecular weight is 249 g/mol. The van der Waals surface area contributed by atoms with Crippen LogP contribution in [0.4, 0.5) is 0 Å². The summed E-state index contributed by atoms with van der Waals surface area (Å²) in [7, 11) is 0. The monoisotopic (exact) mass is 249 g/mol. The molecule has 1 aliphatic rings. The molecule has 0 saturated heterocycles. The van der Waals surface area contributed by atoms with Crippen molar-refractivity contribution in [3.05, 3.63) is 18.2 Å². The first-order valence-electron chi connectivity index (χ1n) is 7.28. The third kappa shape index (κ3) is 2.33. The molecule has 1 aliphatic carbocycles. The van der Waals surface area contributed by atoms with Crippen molar-refractivity contribution in [2.75, 3.05) is 6.54 Å². The van der Waals surface area contributed by atoms with Crippen LogP contribution in [0.2, 0.25) is 0 Å². The fraction of sp³-hybridized carbons (Fsp3) is 0.800. The minimum Gasteiger partial charge on any atom is -0.331 e. The molecule has 4 unspecified atom stereocenters. The van der Waals surface area contributed by atoms with Crippen molar-refractivity contribution < 1.29 is 0 Å². The summed E-state index contributed by atoms with van der Waals surface area (Å²) in [6, 6.07) is 0.616. The highest BCUT2D eigenvalue weighted by atomic mass is 15.1. The Labute approximate surface area is 111 Å². The Balaban J connectivity index is 2.27. The second-order valence-electron chi connectivity index (χ2n) is 6.29. The van der Waals surface area contributed by atoms with Crippen molar-refractivity contribution in [3.63, 3.8) is 0 Å². The highest BCUT2D eigenvalue weighted by Crippen LogP contribution is 2.41. The molecule has 3 nitrogen and oxygen atoms in total. The van der Waals surface area contributed by atoms with Crippen LogP contribution in [0.3, 0.4) is 0 Å². The third-order valence-corrected chi connectivity index (χ3v) is 4.91. The van der Waals surface area contributed by atoms with Gasteiger partial charge in [-0.2, -0.15) is 0 Å². The lowest BCUT2D eigenvalue weighted by molar-refractivity contribution is 0.335. The lowest BCUT2D eigenvalue weighted by Gasteiger charge is -2.26. The minimum absolute atomic E-state index is 0.426. The maximum atomic E-state index is 5.95. The van der Waals surface area contributed by atoms with Crippen LogP contribution in [0.15, 0.2) is 12.5 Å². The number of hydrogen-bond donors (Lipinski definition) is 1. The zero-order valence-corrected chi connectivity index (χ0v) is 12.1. The first kappa shape index (κ1) is 13.6. The normalized spacial score (nSPS) is 30.0. The molecular formula is C15H27N3. The third-order valence-electron chi connectivity index (χ3n) is 4.91. The molecule has 18 heavy (non-hydrogen) atoms. The van der Waals surface area contributed by atoms with Crippen LogP contribution in [0.5, 0.6) is 0 Å². The molecule has 0 amide bonds. The molecule has 1 fully saturated rings. The second kappa shape index (κ2) is 5.43. The maximum absolute atomic E-state index is 5.95. The molecule has 0 spiro atoms. The van der Waals surface area contributed by atoms with E-state index in [1.165, 1.54) is 18.5 Å².